The lowest BCUT2D eigenvalue weighted by Crippen LogP contribution is -2.47. The third-order valence-electron chi connectivity index (χ3n) is 4.51. The van der Waals surface area contributed by atoms with Gasteiger partial charge in [0.1, 0.15) is 5.78 Å². The molecule has 0 amide bonds. The number of ketones is 1. The van der Waals surface area contributed by atoms with Crippen LogP contribution >= 0.6 is 15.9 Å². The summed E-state index contributed by atoms with van der Waals surface area (Å²) in [4.78, 5) is 12.5. The van der Waals surface area contributed by atoms with Crippen molar-refractivity contribution in [2.45, 2.75) is 24.7 Å². The fourth-order valence-electron chi connectivity index (χ4n) is 3.42. The summed E-state index contributed by atoms with van der Waals surface area (Å²) in [6.45, 7) is 0.861. The molecule has 1 spiro atoms. The summed E-state index contributed by atoms with van der Waals surface area (Å²) >= 11 is 3.43. The second-order valence-electron chi connectivity index (χ2n) is 5.65. The smallest absolute Gasteiger partial charge is 0.211 e. The molecule has 0 N–H and O–H groups in total. The molecule has 4 nitrogen and oxygen atoms in total. The molecule has 0 unspecified atom stereocenters. The predicted octanol–water partition coefficient (Wildman–Crippen LogP) is 1.87. The zero-order valence-corrected chi connectivity index (χ0v) is 13.6. The van der Waals surface area contributed by atoms with E-state index in [0.29, 0.717) is 32.4 Å². The zero-order chi connectivity index (χ0) is 14.5. The van der Waals surface area contributed by atoms with E-state index in [1.807, 2.05) is 18.2 Å². The molecule has 6 heteroatoms. The quantitative estimate of drug-likeness (QED) is 0.770. The largest absolute Gasteiger partial charge is 0.298 e. The maximum Gasteiger partial charge on any atom is 0.211 e. The van der Waals surface area contributed by atoms with Crippen molar-refractivity contribution in [1.29, 1.82) is 0 Å². The first-order valence-electron chi connectivity index (χ1n) is 6.60. The summed E-state index contributed by atoms with van der Waals surface area (Å²) in [5, 5.41) is 0. The van der Waals surface area contributed by atoms with Gasteiger partial charge in [-0.15, -0.1) is 0 Å². The van der Waals surface area contributed by atoms with Crippen molar-refractivity contribution in [2.75, 3.05) is 19.3 Å². The van der Waals surface area contributed by atoms with Gasteiger partial charge >= 0.3 is 0 Å². The summed E-state index contributed by atoms with van der Waals surface area (Å²) in [5.41, 5.74) is 1.72. The number of fused-ring (bicyclic) bond motifs is 2. The minimum absolute atomic E-state index is 0.235. The Bertz CT molecular complexity index is 676. The molecule has 1 aliphatic carbocycles. The molecule has 0 bridgehead atoms. The molecule has 2 aliphatic rings. The maximum absolute atomic E-state index is 12.5. The van der Waals surface area contributed by atoms with Crippen molar-refractivity contribution in [1.82, 2.24) is 4.31 Å². The van der Waals surface area contributed by atoms with Crippen LogP contribution in [-0.2, 0) is 26.7 Å². The van der Waals surface area contributed by atoms with Gasteiger partial charge in [0.2, 0.25) is 10.0 Å². The van der Waals surface area contributed by atoms with Gasteiger partial charge in [-0.3, -0.25) is 4.79 Å². The van der Waals surface area contributed by atoms with Crippen LogP contribution in [0.25, 0.3) is 0 Å². The van der Waals surface area contributed by atoms with Crippen molar-refractivity contribution in [3.63, 3.8) is 0 Å². The van der Waals surface area contributed by atoms with E-state index in [9.17, 15) is 13.2 Å². The molecule has 1 saturated heterocycles. The number of hydrogen-bond acceptors (Lipinski definition) is 3. The summed E-state index contributed by atoms with van der Waals surface area (Å²) < 4.78 is 25.6. The monoisotopic (exact) mass is 357 g/mol. The molecule has 0 saturated carbocycles. The Labute approximate surface area is 127 Å². The molecule has 1 aromatic carbocycles. The topological polar surface area (TPSA) is 54.5 Å². The lowest BCUT2D eigenvalue weighted by Gasteiger charge is -2.37. The number of carbonyl (C=O) groups is 1. The third-order valence-corrected chi connectivity index (χ3v) is 6.31. The van der Waals surface area contributed by atoms with Crippen LogP contribution in [0.5, 0.6) is 0 Å². The Hall–Kier alpha value is -0.720. The molecule has 0 radical (unpaired) electrons. The van der Waals surface area contributed by atoms with Crippen LogP contribution in [-0.4, -0.2) is 37.9 Å². The van der Waals surface area contributed by atoms with Crippen molar-refractivity contribution in [3.8, 4) is 0 Å². The second-order valence-corrected chi connectivity index (χ2v) is 8.54. The Kier molecular flexibility index (Phi) is 3.30. The minimum Gasteiger partial charge on any atom is -0.298 e. The van der Waals surface area contributed by atoms with Gasteiger partial charge in [-0.1, -0.05) is 22.0 Å². The Morgan fingerprint density at radius 2 is 1.90 bits per heavy atom. The molecule has 108 valence electrons. The first-order chi connectivity index (χ1) is 9.33. The number of rotatable bonds is 1. The van der Waals surface area contributed by atoms with Crippen LogP contribution in [0.3, 0.4) is 0 Å². The number of halogens is 1. The fraction of sp³-hybridized carbons (Fsp3) is 0.500. The number of sulfonamides is 1. The van der Waals surface area contributed by atoms with Gasteiger partial charge in [-0.2, -0.15) is 0 Å². The number of hydrogen-bond donors (Lipinski definition) is 0. The average molecular weight is 358 g/mol. The highest BCUT2D eigenvalue weighted by molar-refractivity contribution is 9.10. The van der Waals surface area contributed by atoms with Crippen molar-refractivity contribution < 1.29 is 13.2 Å². The number of piperidine rings is 1. The Morgan fingerprint density at radius 3 is 2.50 bits per heavy atom. The van der Waals surface area contributed by atoms with Crippen LogP contribution < -0.4 is 0 Å². The van der Waals surface area contributed by atoms with Gasteiger partial charge in [-0.05, 0) is 36.1 Å². The first kappa shape index (κ1) is 14.2. The lowest BCUT2D eigenvalue weighted by molar-refractivity contribution is -0.124. The molecular weight excluding hydrogens is 342 g/mol. The summed E-state index contributed by atoms with van der Waals surface area (Å²) in [6, 6.07) is 5.98. The lowest BCUT2D eigenvalue weighted by atomic mass is 9.73. The molecule has 3 rings (SSSR count). The van der Waals surface area contributed by atoms with Crippen molar-refractivity contribution >= 4 is 31.7 Å². The van der Waals surface area contributed by atoms with E-state index in [0.717, 1.165) is 15.6 Å². The van der Waals surface area contributed by atoms with E-state index in [1.165, 1.54) is 10.6 Å². The molecule has 0 aromatic heterocycles. The molecular formula is C14H16BrNO3S. The number of carbonyl (C=O) groups excluding carboxylic acids is 1. The fourth-order valence-corrected chi connectivity index (χ4v) is 4.67. The third kappa shape index (κ3) is 2.14. The van der Waals surface area contributed by atoms with Crippen LogP contribution in [0.15, 0.2) is 22.7 Å². The van der Waals surface area contributed by atoms with Gasteiger partial charge in [0, 0.05) is 24.0 Å². The molecule has 20 heavy (non-hydrogen) atoms. The minimum atomic E-state index is -3.16. The Morgan fingerprint density at radius 1 is 1.25 bits per heavy atom. The van der Waals surface area contributed by atoms with Crippen LogP contribution in [0, 0.1) is 0 Å². The highest BCUT2D eigenvalue weighted by Crippen LogP contribution is 2.44. The van der Waals surface area contributed by atoms with Gasteiger partial charge in [0.25, 0.3) is 0 Å². The van der Waals surface area contributed by atoms with Crippen LogP contribution in [0.1, 0.15) is 24.0 Å². The normalized spacial score (nSPS) is 22.2. The van der Waals surface area contributed by atoms with E-state index in [1.54, 1.807) is 0 Å². The predicted molar refractivity (Wildman–Crippen MR) is 80.2 cm³/mol. The van der Waals surface area contributed by atoms with Crippen LogP contribution in [0.2, 0.25) is 0 Å². The Balaban J connectivity index is 1.94. The molecule has 1 heterocycles. The van der Waals surface area contributed by atoms with E-state index < -0.39 is 15.4 Å². The standard InChI is InChI=1S/C14H16BrNO3S/c1-20(18,19)16-6-4-14(5-7-16)12-3-2-11(15)8-10(12)9-13(14)17/h2-3,8H,4-7,9H2,1H3. The summed E-state index contributed by atoms with van der Waals surface area (Å²) in [6.07, 6.45) is 2.88. The van der Waals surface area contributed by atoms with Gasteiger partial charge in [0.15, 0.2) is 0 Å². The van der Waals surface area contributed by atoms with E-state index in [4.69, 9.17) is 0 Å². The zero-order valence-electron chi connectivity index (χ0n) is 11.2. The number of Topliss-reactive ketones (excluding diaryl/α,β-unsaturated/α-hetero) is 1. The highest BCUT2D eigenvalue weighted by Gasteiger charge is 2.48. The highest BCUT2D eigenvalue weighted by atomic mass is 79.9. The molecule has 0 atom stereocenters. The maximum atomic E-state index is 12.5. The summed E-state index contributed by atoms with van der Waals surface area (Å²) in [7, 11) is -3.16. The molecule has 1 aliphatic heterocycles. The van der Waals surface area contributed by atoms with E-state index in [-0.39, 0.29) is 5.78 Å². The van der Waals surface area contributed by atoms with E-state index in [2.05, 4.69) is 15.9 Å². The average Bonchev–Trinajstić information content (AvgIpc) is 2.61. The van der Waals surface area contributed by atoms with E-state index >= 15 is 0 Å². The van der Waals surface area contributed by atoms with Gasteiger partial charge in [0.05, 0.1) is 11.7 Å². The SMILES string of the molecule is CS(=O)(=O)N1CCC2(CC1)C(=O)Cc1cc(Br)ccc12. The van der Waals surface area contributed by atoms with Gasteiger partial charge in [-0.25, -0.2) is 12.7 Å². The number of benzene rings is 1. The van der Waals surface area contributed by atoms with Crippen molar-refractivity contribution in [2.24, 2.45) is 0 Å². The first-order valence-corrected chi connectivity index (χ1v) is 9.24. The summed E-state index contributed by atoms with van der Waals surface area (Å²) in [5.74, 6) is 0.235. The van der Waals surface area contributed by atoms with Crippen LogP contribution in [0.4, 0.5) is 0 Å². The second kappa shape index (κ2) is 4.64. The number of nitrogens with zero attached hydrogens (tertiary/aromatic N) is 1. The molecule has 1 fully saturated rings. The van der Waals surface area contributed by atoms with Gasteiger partial charge < -0.3 is 0 Å². The molecule has 1 aromatic rings. The van der Waals surface area contributed by atoms with Crippen molar-refractivity contribution in [3.05, 3.63) is 33.8 Å².